The number of hydrazone groups is 1. The van der Waals surface area contributed by atoms with Crippen molar-refractivity contribution in [1.82, 2.24) is 4.98 Å². The predicted molar refractivity (Wildman–Crippen MR) is 92.9 cm³/mol. The van der Waals surface area contributed by atoms with Crippen LogP contribution in [-0.2, 0) is 16.0 Å². The fourth-order valence-corrected chi connectivity index (χ4v) is 2.82. The molecule has 2 aromatic rings. The topological polar surface area (TPSA) is 125 Å². The number of nitro benzene ring substituents is 1. The number of nitrogens with zero attached hydrogens (tertiary/aromatic N) is 3. The summed E-state index contributed by atoms with van der Waals surface area (Å²) in [5, 5.41) is 17.3. The molecule has 1 aromatic heterocycles. The highest BCUT2D eigenvalue weighted by Gasteiger charge is 2.22. The second-order valence-corrected chi connectivity index (χ2v) is 5.88. The second kappa shape index (κ2) is 7.78. The monoisotopic (exact) mass is 378 g/mol. The average Bonchev–Trinajstić information content (AvgIpc) is 3.23. The van der Waals surface area contributed by atoms with Gasteiger partial charge in [0, 0.05) is 5.38 Å². The third-order valence-corrected chi connectivity index (χ3v) is 4.06. The average molecular weight is 378 g/mol. The first kappa shape index (κ1) is 17.6. The molecule has 1 aliphatic rings. The van der Waals surface area contributed by atoms with Gasteiger partial charge < -0.3 is 14.2 Å². The molecule has 26 heavy (non-hydrogen) atoms. The lowest BCUT2D eigenvalue weighted by atomic mass is 10.1. The molecule has 136 valence electrons. The van der Waals surface area contributed by atoms with Crippen LogP contribution in [0.4, 0.5) is 10.8 Å². The van der Waals surface area contributed by atoms with Gasteiger partial charge in [0.05, 0.1) is 41.5 Å². The van der Waals surface area contributed by atoms with E-state index in [0.717, 1.165) is 0 Å². The van der Waals surface area contributed by atoms with Gasteiger partial charge in [-0.05, 0) is 13.0 Å². The largest absolute Gasteiger partial charge is 0.466 e. The minimum Gasteiger partial charge on any atom is -0.466 e. The van der Waals surface area contributed by atoms with Crippen molar-refractivity contribution in [2.45, 2.75) is 13.3 Å². The van der Waals surface area contributed by atoms with Gasteiger partial charge in [-0.15, -0.1) is 11.3 Å². The number of ether oxygens (including phenoxy) is 3. The van der Waals surface area contributed by atoms with Crippen LogP contribution in [0.2, 0.25) is 0 Å². The summed E-state index contributed by atoms with van der Waals surface area (Å²) in [7, 11) is 0. The number of esters is 1. The van der Waals surface area contributed by atoms with E-state index in [4.69, 9.17) is 14.2 Å². The predicted octanol–water partition coefficient (Wildman–Crippen LogP) is 2.33. The fourth-order valence-electron chi connectivity index (χ4n) is 2.16. The van der Waals surface area contributed by atoms with Crippen LogP contribution < -0.4 is 14.9 Å². The Morgan fingerprint density at radius 2 is 2.27 bits per heavy atom. The van der Waals surface area contributed by atoms with Gasteiger partial charge in [-0.1, -0.05) is 0 Å². The maximum atomic E-state index is 11.4. The summed E-state index contributed by atoms with van der Waals surface area (Å²) in [5.41, 5.74) is 3.35. The van der Waals surface area contributed by atoms with Gasteiger partial charge in [0.15, 0.2) is 11.5 Å². The van der Waals surface area contributed by atoms with Crippen molar-refractivity contribution < 1.29 is 23.9 Å². The zero-order valence-electron chi connectivity index (χ0n) is 13.6. The lowest BCUT2D eigenvalue weighted by Gasteiger charge is -2.00. The van der Waals surface area contributed by atoms with Crippen LogP contribution in [0.3, 0.4) is 0 Å². The molecule has 2 heterocycles. The van der Waals surface area contributed by atoms with Crippen molar-refractivity contribution in [1.29, 1.82) is 0 Å². The van der Waals surface area contributed by atoms with Crippen LogP contribution in [0.25, 0.3) is 0 Å². The Balaban J connectivity index is 1.68. The molecule has 0 saturated heterocycles. The van der Waals surface area contributed by atoms with Crippen LogP contribution in [0.1, 0.15) is 18.2 Å². The SMILES string of the molecule is CCOC(=O)Cc1csc(NN=Cc2cc3c(cc2[N+](=O)[O-])OCO3)n1. The first-order valence-corrected chi connectivity index (χ1v) is 8.42. The number of hydrogen-bond donors (Lipinski definition) is 1. The molecule has 0 atom stereocenters. The molecular weight excluding hydrogens is 364 g/mol. The van der Waals surface area contributed by atoms with E-state index in [1.54, 1.807) is 12.3 Å². The quantitative estimate of drug-likeness (QED) is 0.337. The summed E-state index contributed by atoms with van der Waals surface area (Å²) in [6.07, 6.45) is 1.37. The number of rotatable bonds is 7. The van der Waals surface area contributed by atoms with Gasteiger partial charge in [0.25, 0.3) is 5.69 Å². The van der Waals surface area contributed by atoms with Gasteiger partial charge in [0.2, 0.25) is 11.9 Å². The number of thiazole rings is 1. The van der Waals surface area contributed by atoms with E-state index in [0.29, 0.717) is 28.9 Å². The molecule has 0 unspecified atom stereocenters. The maximum Gasteiger partial charge on any atom is 0.311 e. The maximum absolute atomic E-state index is 11.4. The van der Waals surface area contributed by atoms with E-state index in [9.17, 15) is 14.9 Å². The molecule has 10 nitrogen and oxygen atoms in total. The summed E-state index contributed by atoms with van der Waals surface area (Å²) in [5.74, 6) is 0.386. The summed E-state index contributed by atoms with van der Waals surface area (Å²) < 4.78 is 15.2. The van der Waals surface area contributed by atoms with Crippen LogP contribution in [-0.4, -0.2) is 35.5 Å². The number of fused-ring (bicyclic) bond motifs is 1. The molecule has 0 saturated carbocycles. The highest BCUT2D eigenvalue weighted by atomic mass is 32.1. The lowest BCUT2D eigenvalue weighted by molar-refractivity contribution is -0.385. The Hall–Kier alpha value is -3.21. The molecule has 0 amide bonds. The van der Waals surface area contributed by atoms with Crippen LogP contribution in [0.15, 0.2) is 22.6 Å². The highest BCUT2D eigenvalue weighted by molar-refractivity contribution is 7.13. The van der Waals surface area contributed by atoms with E-state index >= 15 is 0 Å². The zero-order chi connectivity index (χ0) is 18.5. The number of benzene rings is 1. The minimum atomic E-state index is -0.524. The Labute approximate surface area is 151 Å². The minimum absolute atomic E-state index is 0.0215. The van der Waals surface area contributed by atoms with E-state index in [1.165, 1.54) is 29.7 Å². The van der Waals surface area contributed by atoms with Crippen LogP contribution >= 0.6 is 11.3 Å². The molecule has 0 radical (unpaired) electrons. The van der Waals surface area contributed by atoms with Crippen molar-refractivity contribution in [3.05, 3.63) is 38.9 Å². The molecule has 0 aliphatic carbocycles. The van der Waals surface area contributed by atoms with Crippen molar-refractivity contribution in [3.63, 3.8) is 0 Å². The first-order chi connectivity index (χ1) is 12.6. The number of carbonyl (C=O) groups is 1. The van der Waals surface area contributed by atoms with E-state index < -0.39 is 4.92 Å². The Bertz CT molecular complexity index is 866. The molecule has 3 rings (SSSR count). The lowest BCUT2D eigenvalue weighted by Crippen LogP contribution is -2.07. The van der Waals surface area contributed by atoms with E-state index in [-0.39, 0.29) is 30.4 Å². The van der Waals surface area contributed by atoms with Crippen molar-refractivity contribution in [3.8, 4) is 11.5 Å². The van der Waals surface area contributed by atoms with Crippen LogP contribution in [0.5, 0.6) is 11.5 Å². The summed E-state index contributed by atoms with van der Waals surface area (Å²) >= 11 is 1.25. The summed E-state index contributed by atoms with van der Waals surface area (Å²) in [6.45, 7) is 2.07. The third-order valence-electron chi connectivity index (χ3n) is 3.26. The molecule has 1 N–H and O–H groups in total. The standard InChI is InChI=1S/C15H14N4O6S/c1-2-23-14(20)4-10-7-26-15(17-10)18-16-6-9-3-12-13(25-8-24-12)5-11(9)19(21)22/h3,5-7H,2,4,8H2,1H3,(H,17,18). The van der Waals surface area contributed by atoms with Crippen molar-refractivity contribution in [2.24, 2.45) is 5.10 Å². The smallest absolute Gasteiger partial charge is 0.311 e. The summed E-state index contributed by atoms with van der Waals surface area (Å²) in [6, 6.07) is 2.78. The van der Waals surface area contributed by atoms with E-state index in [2.05, 4.69) is 15.5 Å². The third kappa shape index (κ3) is 4.06. The molecule has 0 spiro atoms. The molecule has 0 fully saturated rings. The fraction of sp³-hybridized carbons (Fsp3) is 0.267. The first-order valence-electron chi connectivity index (χ1n) is 7.54. The highest BCUT2D eigenvalue weighted by Crippen LogP contribution is 2.37. The van der Waals surface area contributed by atoms with Gasteiger partial charge in [-0.2, -0.15) is 5.10 Å². The number of hydrogen-bond acceptors (Lipinski definition) is 10. The zero-order valence-corrected chi connectivity index (χ0v) is 14.4. The van der Waals surface area contributed by atoms with E-state index in [1.807, 2.05) is 0 Å². The number of nitro groups is 1. The molecule has 0 bridgehead atoms. The molecule has 1 aromatic carbocycles. The van der Waals surface area contributed by atoms with Crippen LogP contribution in [0, 0.1) is 10.1 Å². The van der Waals surface area contributed by atoms with Crippen molar-refractivity contribution in [2.75, 3.05) is 18.8 Å². The number of aromatic nitrogens is 1. The van der Waals surface area contributed by atoms with Gasteiger partial charge in [-0.3, -0.25) is 20.3 Å². The van der Waals surface area contributed by atoms with Crippen molar-refractivity contribution >= 4 is 34.3 Å². The summed E-state index contributed by atoms with van der Waals surface area (Å²) in [4.78, 5) is 26.3. The molecule has 1 aliphatic heterocycles. The van der Waals surface area contributed by atoms with Gasteiger partial charge >= 0.3 is 5.97 Å². The van der Waals surface area contributed by atoms with Gasteiger partial charge in [-0.25, -0.2) is 4.98 Å². The molecular formula is C15H14N4O6S. The number of nitrogens with one attached hydrogen (secondary N) is 1. The van der Waals surface area contributed by atoms with Gasteiger partial charge in [0.1, 0.15) is 0 Å². The number of anilines is 1. The normalized spacial score (nSPS) is 12.3. The Morgan fingerprint density at radius 1 is 1.50 bits per heavy atom. The number of carbonyl (C=O) groups excluding carboxylic acids is 1. The Kier molecular flexibility index (Phi) is 5.27. The second-order valence-electron chi connectivity index (χ2n) is 5.02. The molecule has 11 heteroatoms. The Morgan fingerprint density at radius 3 is 3.00 bits per heavy atom.